The number of nitrogens with zero attached hydrogens (tertiary/aromatic N) is 1. The highest BCUT2D eigenvalue weighted by Crippen LogP contribution is 2.41. The lowest BCUT2D eigenvalue weighted by Gasteiger charge is -2.18. The predicted molar refractivity (Wildman–Crippen MR) is 82.4 cm³/mol. The summed E-state index contributed by atoms with van der Waals surface area (Å²) in [6, 6.07) is 7.23. The fourth-order valence-electron chi connectivity index (χ4n) is 3.10. The van der Waals surface area contributed by atoms with Gasteiger partial charge in [-0.3, -0.25) is 9.59 Å². The highest BCUT2D eigenvalue weighted by Gasteiger charge is 2.43. The molecule has 1 N–H and O–H groups in total. The van der Waals surface area contributed by atoms with Gasteiger partial charge >= 0.3 is 0 Å². The number of carbonyl (C=O) groups is 2. The molecule has 0 aromatic heterocycles. The molecular formula is C17H16N2O2. The van der Waals surface area contributed by atoms with Crippen LogP contribution < -0.4 is 5.32 Å². The van der Waals surface area contributed by atoms with Gasteiger partial charge in [-0.05, 0) is 6.07 Å². The Morgan fingerprint density at radius 3 is 2.57 bits per heavy atom. The summed E-state index contributed by atoms with van der Waals surface area (Å²) < 4.78 is 0. The van der Waals surface area contributed by atoms with Crippen LogP contribution in [0, 0.1) is 5.92 Å². The molecule has 3 rings (SSSR count). The highest BCUT2D eigenvalue weighted by molar-refractivity contribution is 6.35. The quantitative estimate of drug-likeness (QED) is 0.667. The molecule has 1 aromatic rings. The van der Waals surface area contributed by atoms with Crippen LogP contribution in [0.3, 0.4) is 0 Å². The van der Waals surface area contributed by atoms with Crippen molar-refractivity contribution in [2.75, 3.05) is 12.4 Å². The number of carbonyl (C=O) groups excluding carboxylic acids is 2. The number of hydrogen-bond acceptors (Lipinski definition) is 2. The van der Waals surface area contributed by atoms with Crippen LogP contribution in [0.5, 0.6) is 0 Å². The fraction of sp³-hybridized carbons (Fsp3) is 0.176. The summed E-state index contributed by atoms with van der Waals surface area (Å²) in [5, 5.41) is 2.81. The van der Waals surface area contributed by atoms with E-state index in [0.29, 0.717) is 11.1 Å². The number of para-hydroxylation sites is 1. The minimum Gasteiger partial charge on any atom is -0.335 e. The van der Waals surface area contributed by atoms with E-state index in [2.05, 4.69) is 18.5 Å². The smallest absolute Gasteiger partial charge is 0.256 e. The molecule has 0 saturated carbocycles. The van der Waals surface area contributed by atoms with Crippen molar-refractivity contribution in [3.8, 4) is 0 Å². The Morgan fingerprint density at radius 2 is 1.90 bits per heavy atom. The van der Waals surface area contributed by atoms with Gasteiger partial charge in [-0.2, -0.15) is 0 Å². The van der Waals surface area contributed by atoms with Gasteiger partial charge in [-0.15, -0.1) is 13.2 Å². The van der Waals surface area contributed by atoms with E-state index in [0.717, 1.165) is 11.3 Å². The molecule has 106 valence electrons. The molecule has 0 bridgehead atoms. The van der Waals surface area contributed by atoms with E-state index in [-0.39, 0.29) is 23.8 Å². The lowest BCUT2D eigenvalue weighted by molar-refractivity contribution is -0.124. The largest absolute Gasteiger partial charge is 0.335 e. The summed E-state index contributed by atoms with van der Waals surface area (Å²) in [5.74, 6) is -0.608. The van der Waals surface area contributed by atoms with Crippen molar-refractivity contribution in [2.45, 2.75) is 6.04 Å². The Morgan fingerprint density at radius 1 is 1.19 bits per heavy atom. The van der Waals surface area contributed by atoms with Gasteiger partial charge in [0.1, 0.15) is 0 Å². The normalized spacial score (nSPS) is 27.6. The number of likely N-dealkylation sites (N-methyl/N-ethyl adjacent to an activating group) is 1. The van der Waals surface area contributed by atoms with E-state index >= 15 is 0 Å². The lowest BCUT2D eigenvalue weighted by Crippen LogP contribution is -2.29. The number of fused-ring (bicyclic) bond motifs is 1. The molecule has 4 heteroatoms. The van der Waals surface area contributed by atoms with Crippen molar-refractivity contribution >= 4 is 23.1 Å². The molecule has 2 atom stereocenters. The summed E-state index contributed by atoms with van der Waals surface area (Å²) in [4.78, 5) is 26.5. The molecule has 2 aliphatic heterocycles. The van der Waals surface area contributed by atoms with Gasteiger partial charge < -0.3 is 10.2 Å². The first kappa shape index (κ1) is 13.4. The van der Waals surface area contributed by atoms with Crippen LogP contribution in [0.15, 0.2) is 55.1 Å². The fourth-order valence-corrected chi connectivity index (χ4v) is 3.10. The zero-order valence-corrected chi connectivity index (χ0v) is 11.8. The van der Waals surface area contributed by atoms with Gasteiger partial charge in [0.2, 0.25) is 0 Å². The molecule has 21 heavy (non-hydrogen) atoms. The number of hydrogen-bond donors (Lipinski definition) is 1. The first-order valence-electron chi connectivity index (χ1n) is 6.77. The molecule has 0 spiro atoms. The van der Waals surface area contributed by atoms with Crippen molar-refractivity contribution in [3.05, 3.63) is 60.7 Å². The van der Waals surface area contributed by atoms with Gasteiger partial charge in [-0.25, -0.2) is 0 Å². The minimum absolute atomic E-state index is 0.147. The Labute approximate surface area is 123 Å². The summed E-state index contributed by atoms with van der Waals surface area (Å²) >= 11 is 0. The third-order valence-electron chi connectivity index (χ3n) is 4.14. The number of benzene rings is 1. The number of amides is 2. The molecule has 1 saturated heterocycles. The first-order valence-corrected chi connectivity index (χ1v) is 6.77. The average molecular weight is 280 g/mol. The second-order valence-corrected chi connectivity index (χ2v) is 5.19. The molecule has 4 nitrogen and oxygen atoms in total. The maximum absolute atomic E-state index is 12.6. The predicted octanol–water partition coefficient (Wildman–Crippen LogP) is 2.22. The van der Waals surface area contributed by atoms with Gasteiger partial charge in [0, 0.05) is 29.8 Å². The van der Waals surface area contributed by atoms with Crippen LogP contribution in [0.2, 0.25) is 0 Å². The number of nitrogens with one attached hydrogen (secondary N) is 1. The van der Waals surface area contributed by atoms with E-state index < -0.39 is 0 Å². The van der Waals surface area contributed by atoms with Crippen molar-refractivity contribution in [2.24, 2.45) is 5.92 Å². The Kier molecular flexibility index (Phi) is 3.01. The van der Waals surface area contributed by atoms with Gasteiger partial charge in [0.25, 0.3) is 11.8 Å². The van der Waals surface area contributed by atoms with Crippen LogP contribution in [0.1, 0.15) is 5.56 Å². The van der Waals surface area contributed by atoms with Crippen molar-refractivity contribution < 1.29 is 9.59 Å². The van der Waals surface area contributed by atoms with Crippen LogP contribution >= 0.6 is 0 Å². The molecule has 2 unspecified atom stereocenters. The third kappa shape index (κ3) is 1.76. The van der Waals surface area contributed by atoms with Gasteiger partial charge in [0.05, 0.1) is 11.6 Å². The van der Waals surface area contributed by atoms with E-state index in [1.54, 1.807) is 24.1 Å². The second kappa shape index (κ2) is 4.74. The SMILES string of the molecule is C=CC1/C(=C2\C(=O)Nc3ccccc32)C(=O)N(C)C1C=C. The van der Waals surface area contributed by atoms with Crippen molar-refractivity contribution in [1.82, 2.24) is 4.90 Å². The van der Waals surface area contributed by atoms with Crippen LogP contribution in [-0.2, 0) is 9.59 Å². The topological polar surface area (TPSA) is 49.4 Å². The molecule has 2 amide bonds. The molecule has 0 radical (unpaired) electrons. The van der Waals surface area contributed by atoms with Crippen molar-refractivity contribution in [1.29, 1.82) is 0 Å². The van der Waals surface area contributed by atoms with Crippen molar-refractivity contribution in [3.63, 3.8) is 0 Å². The molecular weight excluding hydrogens is 264 g/mol. The average Bonchev–Trinajstić information content (AvgIpc) is 2.93. The van der Waals surface area contributed by atoms with Crippen LogP contribution in [-0.4, -0.2) is 29.8 Å². The monoisotopic (exact) mass is 280 g/mol. The molecule has 0 aliphatic carbocycles. The number of anilines is 1. The minimum atomic E-state index is -0.232. The zero-order chi connectivity index (χ0) is 15.1. The van der Waals surface area contributed by atoms with E-state index in [4.69, 9.17) is 0 Å². The standard InChI is InChI=1S/C17H16N2O2/c1-4-10-13(5-2)19(3)17(21)15(10)14-11-8-6-7-9-12(11)18-16(14)20/h4-10,13H,1-2H2,3H3,(H,18,20)/b15-14+. The first-order chi connectivity index (χ1) is 10.1. The summed E-state index contributed by atoms with van der Waals surface area (Å²) in [5.41, 5.74) is 2.47. The molecule has 2 heterocycles. The van der Waals surface area contributed by atoms with Gasteiger partial charge in [-0.1, -0.05) is 30.4 Å². The molecule has 1 fully saturated rings. The Bertz CT molecular complexity index is 702. The number of likely N-dealkylation sites (tertiary alicyclic amines) is 1. The van der Waals surface area contributed by atoms with Crippen LogP contribution in [0.4, 0.5) is 5.69 Å². The Hall–Kier alpha value is -2.62. The van der Waals surface area contributed by atoms with E-state index in [1.165, 1.54) is 0 Å². The van der Waals surface area contributed by atoms with E-state index in [9.17, 15) is 9.59 Å². The molecule has 2 aliphatic rings. The third-order valence-corrected chi connectivity index (χ3v) is 4.14. The lowest BCUT2D eigenvalue weighted by atomic mass is 9.89. The summed E-state index contributed by atoms with van der Waals surface area (Å²) in [6.45, 7) is 7.61. The summed E-state index contributed by atoms with van der Waals surface area (Å²) in [7, 11) is 1.72. The maximum atomic E-state index is 12.6. The zero-order valence-electron chi connectivity index (χ0n) is 11.8. The number of rotatable bonds is 2. The maximum Gasteiger partial charge on any atom is 0.256 e. The van der Waals surface area contributed by atoms with E-state index in [1.807, 2.05) is 24.3 Å². The summed E-state index contributed by atoms with van der Waals surface area (Å²) in [6.07, 6.45) is 3.43. The van der Waals surface area contributed by atoms with Gasteiger partial charge in [0.15, 0.2) is 0 Å². The highest BCUT2D eigenvalue weighted by atomic mass is 16.2. The molecule has 1 aromatic carbocycles. The second-order valence-electron chi connectivity index (χ2n) is 5.19. The Balaban J connectivity index is 2.26. The van der Waals surface area contributed by atoms with Crippen LogP contribution in [0.25, 0.3) is 5.57 Å².